The van der Waals surface area contributed by atoms with Crippen molar-refractivity contribution < 1.29 is 23.1 Å². The Morgan fingerprint density at radius 2 is 2.23 bits per heavy atom. The molecule has 1 aromatic rings. The molecule has 116 valence electrons. The van der Waals surface area contributed by atoms with Crippen LogP contribution >= 0.6 is 0 Å². The number of carbonyl (C=O) groups excluding carboxylic acids is 2. The van der Waals surface area contributed by atoms with Crippen LogP contribution in [0.25, 0.3) is 10.4 Å². The SMILES string of the molecule is COC(=O)c1cc(N2CC(CN=[N+]=[N-])CC2=O)c(F)cc1F. The summed E-state index contributed by atoms with van der Waals surface area (Å²) >= 11 is 0. The molecule has 2 rings (SSSR count). The fourth-order valence-electron chi connectivity index (χ4n) is 2.30. The van der Waals surface area contributed by atoms with Crippen molar-refractivity contribution >= 4 is 17.6 Å². The van der Waals surface area contributed by atoms with Crippen molar-refractivity contribution in [1.29, 1.82) is 0 Å². The van der Waals surface area contributed by atoms with E-state index < -0.39 is 23.2 Å². The monoisotopic (exact) mass is 310 g/mol. The number of anilines is 1. The molecule has 1 aromatic carbocycles. The summed E-state index contributed by atoms with van der Waals surface area (Å²) in [5.74, 6) is -3.63. The topological polar surface area (TPSA) is 95.4 Å². The van der Waals surface area contributed by atoms with Gasteiger partial charge in [0.1, 0.15) is 11.6 Å². The zero-order valence-electron chi connectivity index (χ0n) is 11.6. The van der Waals surface area contributed by atoms with Gasteiger partial charge >= 0.3 is 5.97 Å². The van der Waals surface area contributed by atoms with E-state index in [4.69, 9.17) is 5.53 Å². The lowest BCUT2D eigenvalue weighted by atomic mass is 10.1. The van der Waals surface area contributed by atoms with Crippen LogP contribution in [0.15, 0.2) is 17.2 Å². The van der Waals surface area contributed by atoms with E-state index in [-0.39, 0.29) is 37.0 Å². The van der Waals surface area contributed by atoms with Gasteiger partial charge in [-0.2, -0.15) is 0 Å². The van der Waals surface area contributed by atoms with Crippen molar-refractivity contribution in [1.82, 2.24) is 0 Å². The molecule has 1 aliphatic heterocycles. The van der Waals surface area contributed by atoms with E-state index in [1.54, 1.807) is 0 Å². The highest BCUT2D eigenvalue weighted by molar-refractivity contribution is 5.98. The smallest absolute Gasteiger partial charge is 0.340 e. The Kier molecular flexibility index (Phi) is 4.57. The minimum absolute atomic E-state index is 0.0867. The molecule has 0 aromatic heterocycles. The second-order valence-electron chi connectivity index (χ2n) is 4.76. The number of halogens is 2. The molecule has 0 saturated carbocycles. The molecule has 9 heteroatoms. The van der Waals surface area contributed by atoms with Gasteiger partial charge in [0.2, 0.25) is 5.91 Å². The van der Waals surface area contributed by atoms with Crippen LogP contribution < -0.4 is 4.90 Å². The van der Waals surface area contributed by atoms with E-state index in [2.05, 4.69) is 14.8 Å². The van der Waals surface area contributed by atoms with Crippen LogP contribution in [0.4, 0.5) is 14.5 Å². The summed E-state index contributed by atoms with van der Waals surface area (Å²) in [5.41, 5.74) is 7.63. The first-order chi connectivity index (χ1) is 10.5. The van der Waals surface area contributed by atoms with Crippen LogP contribution in [0.5, 0.6) is 0 Å². The number of nitrogens with zero attached hydrogens (tertiary/aromatic N) is 4. The maximum absolute atomic E-state index is 13.9. The lowest BCUT2D eigenvalue weighted by molar-refractivity contribution is -0.117. The summed E-state index contributed by atoms with van der Waals surface area (Å²) in [6, 6.07) is 1.49. The second-order valence-corrected chi connectivity index (χ2v) is 4.76. The predicted octanol–water partition coefficient (Wildman–Crippen LogP) is 2.41. The molecule has 0 spiro atoms. The van der Waals surface area contributed by atoms with Gasteiger partial charge in [0.15, 0.2) is 0 Å². The Morgan fingerprint density at radius 1 is 1.50 bits per heavy atom. The second kappa shape index (κ2) is 6.40. The standard InChI is InChI=1S/C13H12F2N4O3/c1-22-13(21)8-3-11(10(15)4-9(8)14)19-6-7(2-12(19)20)5-17-18-16/h3-4,7H,2,5-6H2,1H3. The summed E-state index contributed by atoms with van der Waals surface area (Å²) in [6.45, 7) is 0.229. The molecule has 22 heavy (non-hydrogen) atoms. The lowest BCUT2D eigenvalue weighted by Crippen LogP contribution is -2.26. The molecule has 0 N–H and O–H groups in total. The first-order valence-corrected chi connectivity index (χ1v) is 6.36. The number of methoxy groups -OCH3 is 1. The van der Waals surface area contributed by atoms with Gasteiger partial charge < -0.3 is 9.64 Å². The molecule has 1 aliphatic rings. The van der Waals surface area contributed by atoms with Crippen molar-refractivity contribution in [3.05, 3.63) is 39.8 Å². The Labute approximate surface area is 124 Å². The molecule has 7 nitrogen and oxygen atoms in total. The van der Waals surface area contributed by atoms with Crippen LogP contribution in [0.2, 0.25) is 0 Å². The van der Waals surface area contributed by atoms with Crippen LogP contribution in [0.1, 0.15) is 16.8 Å². The number of ether oxygens (including phenoxy) is 1. The summed E-state index contributed by atoms with van der Waals surface area (Å²) in [7, 11) is 1.07. The van der Waals surface area contributed by atoms with Gasteiger partial charge in [0.05, 0.1) is 18.4 Å². The maximum Gasteiger partial charge on any atom is 0.340 e. The van der Waals surface area contributed by atoms with Crippen molar-refractivity contribution in [3.8, 4) is 0 Å². The number of carbonyl (C=O) groups is 2. The summed E-state index contributed by atoms with van der Waals surface area (Å²) in [5, 5.41) is 3.39. The molecule has 0 bridgehead atoms. The van der Waals surface area contributed by atoms with Crippen molar-refractivity contribution in [2.24, 2.45) is 11.0 Å². The van der Waals surface area contributed by atoms with E-state index >= 15 is 0 Å². The van der Waals surface area contributed by atoms with E-state index in [1.165, 1.54) is 0 Å². The number of rotatable bonds is 4. The van der Waals surface area contributed by atoms with E-state index in [9.17, 15) is 18.4 Å². The van der Waals surface area contributed by atoms with Crippen LogP contribution in [0, 0.1) is 17.6 Å². The number of hydrogen-bond donors (Lipinski definition) is 0. The largest absolute Gasteiger partial charge is 0.465 e. The molecule has 1 saturated heterocycles. The van der Waals surface area contributed by atoms with Crippen LogP contribution in [-0.4, -0.2) is 32.1 Å². The van der Waals surface area contributed by atoms with Crippen molar-refractivity contribution in [2.45, 2.75) is 6.42 Å². The van der Waals surface area contributed by atoms with Gasteiger partial charge in [-0.3, -0.25) is 4.79 Å². The normalized spacial score (nSPS) is 17.3. The molecular weight excluding hydrogens is 298 g/mol. The number of benzene rings is 1. The third-order valence-corrected chi connectivity index (χ3v) is 3.34. The Morgan fingerprint density at radius 3 is 2.86 bits per heavy atom. The van der Waals surface area contributed by atoms with Gasteiger partial charge in [-0.1, -0.05) is 5.11 Å². The highest BCUT2D eigenvalue weighted by Gasteiger charge is 2.32. The highest BCUT2D eigenvalue weighted by Crippen LogP contribution is 2.30. The highest BCUT2D eigenvalue weighted by atomic mass is 19.1. The quantitative estimate of drug-likeness (QED) is 0.370. The average Bonchev–Trinajstić information content (AvgIpc) is 2.85. The zero-order chi connectivity index (χ0) is 16.3. The van der Waals surface area contributed by atoms with E-state index in [0.717, 1.165) is 18.1 Å². The predicted molar refractivity (Wildman–Crippen MR) is 72.2 cm³/mol. The third kappa shape index (κ3) is 2.99. The molecule has 1 heterocycles. The first kappa shape index (κ1) is 15.7. The number of hydrogen-bond acceptors (Lipinski definition) is 4. The van der Waals surface area contributed by atoms with E-state index in [1.807, 2.05) is 0 Å². The van der Waals surface area contributed by atoms with Gasteiger partial charge in [-0.15, -0.1) is 0 Å². The molecule has 0 aliphatic carbocycles. The molecular formula is C13H12F2N4O3. The van der Waals surface area contributed by atoms with Gasteiger partial charge in [-0.25, -0.2) is 13.6 Å². The molecule has 1 atom stereocenters. The fourth-order valence-corrected chi connectivity index (χ4v) is 2.30. The minimum Gasteiger partial charge on any atom is -0.465 e. The minimum atomic E-state index is -1.06. The Hall–Kier alpha value is -2.67. The third-order valence-electron chi connectivity index (χ3n) is 3.34. The van der Waals surface area contributed by atoms with Gasteiger partial charge in [-0.05, 0) is 17.5 Å². The van der Waals surface area contributed by atoms with E-state index in [0.29, 0.717) is 6.07 Å². The zero-order valence-corrected chi connectivity index (χ0v) is 11.6. The summed E-state index contributed by atoms with van der Waals surface area (Å²) in [4.78, 5) is 27.1. The Bertz CT molecular complexity index is 673. The summed E-state index contributed by atoms with van der Waals surface area (Å²) < 4.78 is 31.9. The number of azide groups is 1. The average molecular weight is 310 g/mol. The van der Waals surface area contributed by atoms with Gasteiger partial charge in [0, 0.05) is 30.5 Å². The maximum atomic E-state index is 13.9. The first-order valence-electron chi connectivity index (χ1n) is 6.36. The molecule has 0 radical (unpaired) electrons. The lowest BCUT2D eigenvalue weighted by Gasteiger charge is -2.18. The van der Waals surface area contributed by atoms with Crippen LogP contribution in [0.3, 0.4) is 0 Å². The Balaban J connectivity index is 2.34. The fraction of sp³-hybridized carbons (Fsp3) is 0.385. The summed E-state index contributed by atoms with van der Waals surface area (Å²) in [6.07, 6.45) is 0.0867. The number of esters is 1. The van der Waals surface area contributed by atoms with Crippen molar-refractivity contribution in [2.75, 3.05) is 25.1 Å². The molecule has 1 unspecified atom stereocenters. The van der Waals surface area contributed by atoms with Gasteiger partial charge in [0.25, 0.3) is 0 Å². The van der Waals surface area contributed by atoms with Crippen LogP contribution in [-0.2, 0) is 9.53 Å². The molecule has 1 fully saturated rings. The molecule has 1 amide bonds. The number of amides is 1. The van der Waals surface area contributed by atoms with Crippen molar-refractivity contribution in [3.63, 3.8) is 0 Å².